The Kier molecular flexibility index (Phi) is 7.50. The smallest absolute Gasteiger partial charge is 0.320 e. The molecule has 5 heteroatoms. The van der Waals surface area contributed by atoms with E-state index in [1.165, 1.54) is 0 Å². The molecule has 0 aliphatic rings. The molecule has 0 amide bonds. The Morgan fingerprint density at radius 2 is 1.50 bits per heavy atom. The highest BCUT2D eigenvalue weighted by Crippen LogP contribution is 2.16. The molecule has 0 saturated heterocycles. The van der Waals surface area contributed by atoms with Crippen LogP contribution in [0.1, 0.15) is 33.6 Å². The summed E-state index contributed by atoms with van der Waals surface area (Å²) < 4.78 is 22.6. The minimum atomic E-state index is -1.20. The van der Waals surface area contributed by atoms with Gasteiger partial charge in [0.05, 0.1) is 13.2 Å². The summed E-state index contributed by atoms with van der Waals surface area (Å²) in [5, 5.41) is 0. The van der Waals surface area contributed by atoms with E-state index in [9.17, 15) is 14.0 Å². The molecule has 0 aromatic carbocycles. The maximum atomic E-state index is 13.2. The molecular formula is C11H19FO4. The maximum Gasteiger partial charge on any atom is 0.320 e. The van der Waals surface area contributed by atoms with Gasteiger partial charge in [-0.3, -0.25) is 9.59 Å². The minimum absolute atomic E-state index is 0.164. The van der Waals surface area contributed by atoms with Crippen LogP contribution in [-0.2, 0) is 19.1 Å². The second-order valence-electron chi connectivity index (χ2n) is 3.30. The van der Waals surface area contributed by atoms with E-state index >= 15 is 0 Å². The summed E-state index contributed by atoms with van der Waals surface area (Å²) in [6.45, 7) is 5.24. The van der Waals surface area contributed by atoms with E-state index in [2.05, 4.69) is 0 Å². The molecule has 0 aromatic rings. The maximum absolute atomic E-state index is 13.2. The van der Waals surface area contributed by atoms with Gasteiger partial charge in [0.1, 0.15) is 6.17 Å². The standard InChI is InChI=1S/C11H19FO4/c1-4-8(12)7-9(10(13)15-5-2)11(14)16-6-3/h8-9H,4-7H2,1-3H3. The van der Waals surface area contributed by atoms with Gasteiger partial charge < -0.3 is 9.47 Å². The normalized spacial score (nSPS) is 12.3. The molecule has 16 heavy (non-hydrogen) atoms. The molecule has 0 N–H and O–H groups in total. The van der Waals surface area contributed by atoms with Gasteiger partial charge in [-0.2, -0.15) is 0 Å². The molecular weight excluding hydrogens is 215 g/mol. The third kappa shape index (κ3) is 5.09. The number of alkyl halides is 1. The van der Waals surface area contributed by atoms with Crippen molar-refractivity contribution in [3.8, 4) is 0 Å². The van der Waals surface area contributed by atoms with E-state index in [0.29, 0.717) is 0 Å². The summed E-state index contributed by atoms with van der Waals surface area (Å²) >= 11 is 0. The highest BCUT2D eigenvalue weighted by Gasteiger charge is 2.31. The van der Waals surface area contributed by atoms with Crippen molar-refractivity contribution in [1.82, 2.24) is 0 Å². The second kappa shape index (κ2) is 8.07. The summed E-state index contributed by atoms with van der Waals surface area (Å²) in [5.74, 6) is -2.57. The number of hydrogen-bond acceptors (Lipinski definition) is 4. The number of carbonyl (C=O) groups is 2. The Hall–Kier alpha value is -1.13. The summed E-state index contributed by atoms with van der Waals surface area (Å²) in [7, 11) is 0. The van der Waals surface area contributed by atoms with Gasteiger partial charge in [-0.15, -0.1) is 0 Å². The van der Waals surface area contributed by atoms with Crippen LogP contribution in [0.15, 0.2) is 0 Å². The number of rotatable bonds is 7. The van der Waals surface area contributed by atoms with Crippen molar-refractivity contribution in [3.63, 3.8) is 0 Å². The number of carbonyl (C=O) groups excluding carboxylic acids is 2. The lowest BCUT2D eigenvalue weighted by Gasteiger charge is -2.15. The molecule has 1 atom stereocenters. The average Bonchev–Trinajstić information content (AvgIpc) is 2.25. The molecule has 0 saturated carbocycles. The minimum Gasteiger partial charge on any atom is -0.465 e. The lowest BCUT2D eigenvalue weighted by atomic mass is 10.0. The molecule has 0 aliphatic heterocycles. The van der Waals surface area contributed by atoms with Gasteiger partial charge in [0.25, 0.3) is 0 Å². The fourth-order valence-corrected chi connectivity index (χ4v) is 1.20. The fourth-order valence-electron chi connectivity index (χ4n) is 1.20. The van der Waals surface area contributed by atoms with E-state index < -0.39 is 24.0 Å². The van der Waals surface area contributed by atoms with Gasteiger partial charge in [-0.1, -0.05) is 6.92 Å². The Bertz CT molecular complexity index is 212. The summed E-state index contributed by atoms with van der Waals surface area (Å²) in [4.78, 5) is 22.8. The molecule has 0 fully saturated rings. The van der Waals surface area contributed by atoms with Gasteiger partial charge in [0, 0.05) is 6.42 Å². The van der Waals surface area contributed by atoms with Crippen molar-refractivity contribution < 1.29 is 23.5 Å². The second-order valence-corrected chi connectivity index (χ2v) is 3.30. The first-order chi connectivity index (χ1) is 7.56. The summed E-state index contributed by atoms with van der Waals surface area (Å²) in [6.07, 6.45) is -1.11. The molecule has 0 aliphatic carbocycles. The zero-order valence-corrected chi connectivity index (χ0v) is 9.99. The molecule has 0 radical (unpaired) electrons. The van der Waals surface area contributed by atoms with Crippen molar-refractivity contribution in [1.29, 1.82) is 0 Å². The lowest BCUT2D eigenvalue weighted by molar-refractivity contribution is -0.162. The van der Waals surface area contributed by atoms with Crippen molar-refractivity contribution in [2.75, 3.05) is 13.2 Å². The molecule has 1 unspecified atom stereocenters. The molecule has 0 heterocycles. The van der Waals surface area contributed by atoms with E-state index in [0.717, 1.165) is 0 Å². The van der Waals surface area contributed by atoms with Crippen LogP contribution in [0.2, 0.25) is 0 Å². The number of hydrogen-bond donors (Lipinski definition) is 0. The van der Waals surface area contributed by atoms with Crippen LogP contribution in [0, 0.1) is 5.92 Å². The topological polar surface area (TPSA) is 52.6 Å². The first-order valence-corrected chi connectivity index (χ1v) is 5.54. The van der Waals surface area contributed by atoms with Crippen LogP contribution in [0.3, 0.4) is 0 Å². The predicted octanol–water partition coefficient (Wildman–Crippen LogP) is 1.87. The number of ether oxygens (including phenoxy) is 2. The molecule has 4 nitrogen and oxygen atoms in total. The highest BCUT2D eigenvalue weighted by atomic mass is 19.1. The van der Waals surface area contributed by atoms with Gasteiger partial charge in [0.2, 0.25) is 0 Å². The van der Waals surface area contributed by atoms with Crippen LogP contribution in [-0.4, -0.2) is 31.3 Å². The molecule has 94 valence electrons. The van der Waals surface area contributed by atoms with Crippen LogP contribution >= 0.6 is 0 Å². The Balaban J connectivity index is 4.49. The first-order valence-electron chi connectivity index (χ1n) is 5.54. The van der Waals surface area contributed by atoms with Crippen molar-refractivity contribution in [2.45, 2.75) is 39.8 Å². The van der Waals surface area contributed by atoms with E-state index in [4.69, 9.17) is 9.47 Å². The number of esters is 2. The van der Waals surface area contributed by atoms with Crippen LogP contribution in [0.25, 0.3) is 0 Å². The van der Waals surface area contributed by atoms with Crippen molar-refractivity contribution in [2.24, 2.45) is 5.92 Å². The van der Waals surface area contributed by atoms with E-state index in [1.54, 1.807) is 20.8 Å². The highest BCUT2D eigenvalue weighted by molar-refractivity contribution is 5.94. The van der Waals surface area contributed by atoms with Gasteiger partial charge >= 0.3 is 11.9 Å². The molecule has 0 spiro atoms. The Morgan fingerprint density at radius 1 is 1.06 bits per heavy atom. The third-order valence-electron chi connectivity index (χ3n) is 2.08. The Morgan fingerprint density at radius 3 is 1.81 bits per heavy atom. The fraction of sp³-hybridized carbons (Fsp3) is 0.818. The summed E-state index contributed by atoms with van der Waals surface area (Å²) in [5.41, 5.74) is 0. The largest absolute Gasteiger partial charge is 0.465 e. The summed E-state index contributed by atoms with van der Waals surface area (Å²) in [6, 6.07) is 0. The van der Waals surface area contributed by atoms with Crippen LogP contribution < -0.4 is 0 Å². The predicted molar refractivity (Wildman–Crippen MR) is 56.6 cm³/mol. The monoisotopic (exact) mass is 234 g/mol. The zero-order valence-electron chi connectivity index (χ0n) is 9.99. The average molecular weight is 234 g/mol. The molecule has 0 bridgehead atoms. The van der Waals surface area contributed by atoms with Gasteiger partial charge in [-0.05, 0) is 20.3 Å². The van der Waals surface area contributed by atoms with Gasteiger partial charge in [-0.25, -0.2) is 4.39 Å². The Labute approximate surface area is 95.1 Å². The van der Waals surface area contributed by atoms with Crippen LogP contribution in [0.4, 0.5) is 4.39 Å². The third-order valence-corrected chi connectivity index (χ3v) is 2.08. The lowest BCUT2D eigenvalue weighted by Crippen LogP contribution is -2.30. The molecule has 0 aromatic heterocycles. The van der Waals surface area contributed by atoms with Crippen molar-refractivity contribution in [3.05, 3.63) is 0 Å². The quantitative estimate of drug-likeness (QED) is 0.498. The van der Waals surface area contributed by atoms with Gasteiger partial charge in [0.15, 0.2) is 5.92 Å². The van der Waals surface area contributed by atoms with E-state index in [-0.39, 0.29) is 26.1 Å². The number of halogens is 1. The first kappa shape index (κ1) is 14.9. The van der Waals surface area contributed by atoms with Crippen molar-refractivity contribution >= 4 is 11.9 Å². The zero-order chi connectivity index (χ0) is 12.6. The van der Waals surface area contributed by atoms with E-state index in [1.807, 2.05) is 0 Å². The molecule has 0 rings (SSSR count). The van der Waals surface area contributed by atoms with Crippen LogP contribution in [0.5, 0.6) is 0 Å². The SMILES string of the molecule is CCOC(=O)C(CC(F)CC)C(=O)OCC.